The Morgan fingerprint density at radius 1 is 1.00 bits per heavy atom. The maximum atomic E-state index is 11.5. The molecule has 0 saturated heterocycles. The van der Waals surface area contributed by atoms with Gasteiger partial charge in [-0.05, 0) is 43.2 Å². The Bertz CT molecular complexity index is 1640. The highest BCUT2D eigenvalue weighted by molar-refractivity contribution is 6.12. The molecular weight excluding hydrogens is 436 g/mol. The Labute approximate surface area is 203 Å². The maximum absolute atomic E-state index is 11.5. The van der Waals surface area contributed by atoms with Crippen molar-refractivity contribution in [3.8, 4) is 28.5 Å². The third kappa shape index (κ3) is 4.00. The van der Waals surface area contributed by atoms with Crippen molar-refractivity contribution in [2.45, 2.75) is 26.2 Å². The van der Waals surface area contributed by atoms with Gasteiger partial charge in [0.1, 0.15) is 5.69 Å². The normalized spacial score (nSPS) is 11.5. The molecule has 1 amide bonds. The van der Waals surface area contributed by atoms with E-state index >= 15 is 0 Å². The van der Waals surface area contributed by atoms with Crippen LogP contribution in [0, 0.1) is 11.3 Å². The number of benzene rings is 2. The smallest absolute Gasteiger partial charge is 0.221 e. The molecule has 7 heteroatoms. The number of aryl methyl sites for hydroxylation is 1. The molecule has 0 fully saturated rings. The van der Waals surface area contributed by atoms with Crippen LogP contribution >= 0.6 is 0 Å². The lowest BCUT2D eigenvalue weighted by molar-refractivity contribution is -0.114. The van der Waals surface area contributed by atoms with Crippen molar-refractivity contribution in [1.82, 2.24) is 19.7 Å². The van der Waals surface area contributed by atoms with Gasteiger partial charge in [-0.3, -0.25) is 19.4 Å². The van der Waals surface area contributed by atoms with E-state index in [-0.39, 0.29) is 5.91 Å². The first-order valence-corrected chi connectivity index (χ1v) is 11.3. The molecular formula is C28H24N6O. The highest BCUT2D eigenvalue weighted by Crippen LogP contribution is 2.36. The molecule has 35 heavy (non-hydrogen) atoms. The number of amides is 1. The summed E-state index contributed by atoms with van der Waals surface area (Å²) in [7, 11) is 1.91. The van der Waals surface area contributed by atoms with Gasteiger partial charge in [0, 0.05) is 42.1 Å². The predicted octanol–water partition coefficient (Wildman–Crippen LogP) is 5.61. The van der Waals surface area contributed by atoms with Crippen LogP contribution < -0.4 is 5.32 Å². The standard InChI is InChI=1S/C28H24N6O/c1-17(35)32-22-11-20(13-30-14-22)19-7-10-24-23(12-19)26-25(15-31-24)34(4)33-27(26)18-5-8-21(9-6-18)28(2,3)16-29/h5-15H,1-4H3,(H,32,35). The van der Waals surface area contributed by atoms with Crippen molar-refractivity contribution < 1.29 is 4.79 Å². The van der Waals surface area contributed by atoms with E-state index in [0.29, 0.717) is 5.69 Å². The summed E-state index contributed by atoms with van der Waals surface area (Å²) in [5.41, 5.74) is 6.53. The summed E-state index contributed by atoms with van der Waals surface area (Å²) < 4.78 is 1.84. The minimum absolute atomic E-state index is 0.141. The SMILES string of the molecule is CC(=O)Nc1cncc(-c2ccc3ncc4c(c(-c5ccc(C(C)(C)C#N)cc5)nn4C)c3c2)c1. The first-order chi connectivity index (χ1) is 16.8. The van der Waals surface area contributed by atoms with Crippen LogP contribution in [0.1, 0.15) is 26.3 Å². The molecule has 0 aliphatic heterocycles. The van der Waals surface area contributed by atoms with E-state index in [9.17, 15) is 10.1 Å². The number of pyridine rings is 2. The number of carbonyl (C=O) groups is 1. The van der Waals surface area contributed by atoms with Gasteiger partial charge in [-0.1, -0.05) is 30.3 Å². The summed E-state index contributed by atoms with van der Waals surface area (Å²) in [6.45, 7) is 5.30. The molecule has 5 aromatic rings. The second kappa shape index (κ2) is 8.33. The summed E-state index contributed by atoms with van der Waals surface area (Å²) in [4.78, 5) is 20.4. The summed E-state index contributed by atoms with van der Waals surface area (Å²) in [5.74, 6) is -0.141. The highest BCUT2D eigenvalue weighted by atomic mass is 16.1. The van der Waals surface area contributed by atoms with Gasteiger partial charge in [-0.25, -0.2) is 0 Å². The van der Waals surface area contributed by atoms with E-state index in [2.05, 4.69) is 27.4 Å². The zero-order valence-electron chi connectivity index (χ0n) is 20.0. The fraction of sp³-hybridized carbons (Fsp3) is 0.179. The Morgan fingerprint density at radius 2 is 1.74 bits per heavy atom. The molecule has 3 aromatic heterocycles. The van der Waals surface area contributed by atoms with Crippen LogP contribution in [0.25, 0.3) is 44.2 Å². The van der Waals surface area contributed by atoms with Crippen LogP contribution in [-0.2, 0) is 17.3 Å². The number of aromatic nitrogens is 4. The van der Waals surface area contributed by atoms with Crippen molar-refractivity contribution in [3.63, 3.8) is 0 Å². The van der Waals surface area contributed by atoms with Crippen LogP contribution in [0.3, 0.4) is 0 Å². The van der Waals surface area contributed by atoms with Gasteiger partial charge in [0.15, 0.2) is 0 Å². The van der Waals surface area contributed by atoms with Crippen LogP contribution in [0.15, 0.2) is 67.1 Å². The van der Waals surface area contributed by atoms with Crippen LogP contribution in [-0.4, -0.2) is 25.7 Å². The third-order valence-electron chi connectivity index (χ3n) is 6.23. The molecule has 0 spiro atoms. The molecule has 0 unspecified atom stereocenters. The molecule has 1 N–H and O–H groups in total. The average molecular weight is 461 g/mol. The monoisotopic (exact) mass is 460 g/mol. The zero-order valence-corrected chi connectivity index (χ0v) is 20.0. The highest BCUT2D eigenvalue weighted by Gasteiger charge is 2.21. The van der Waals surface area contributed by atoms with Crippen molar-refractivity contribution >= 4 is 33.4 Å². The second-order valence-electron chi connectivity index (χ2n) is 9.18. The fourth-order valence-corrected chi connectivity index (χ4v) is 4.29. The topological polar surface area (TPSA) is 96.5 Å². The number of hydrogen-bond donors (Lipinski definition) is 1. The maximum Gasteiger partial charge on any atom is 0.221 e. The van der Waals surface area contributed by atoms with Gasteiger partial charge in [-0.2, -0.15) is 10.4 Å². The van der Waals surface area contributed by atoms with E-state index in [1.807, 2.05) is 74.2 Å². The first kappa shape index (κ1) is 22.2. The van der Waals surface area contributed by atoms with Crippen molar-refractivity contribution in [2.24, 2.45) is 7.05 Å². The van der Waals surface area contributed by atoms with E-state index < -0.39 is 5.41 Å². The van der Waals surface area contributed by atoms with E-state index in [1.165, 1.54) is 6.92 Å². The van der Waals surface area contributed by atoms with E-state index in [0.717, 1.165) is 49.8 Å². The number of carbonyl (C=O) groups excluding carboxylic acids is 1. The predicted molar refractivity (Wildman–Crippen MR) is 138 cm³/mol. The number of anilines is 1. The molecule has 0 atom stereocenters. The van der Waals surface area contributed by atoms with Gasteiger partial charge in [-0.15, -0.1) is 0 Å². The molecule has 2 aromatic carbocycles. The summed E-state index contributed by atoms with van der Waals surface area (Å²) in [6, 6.07) is 18.4. The van der Waals surface area contributed by atoms with Crippen LogP contribution in [0.5, 0.6) is 0 Å². The van der Waals surface area contributed by atoms with Gasteiger partial charge < -0.3 is 5.32 Å². The van der Waals surface area contributed by atoms with E-state index in [1.54, 1.807) is 12.4 Å². The lowest BCUT2D eigenvalue weighted by Gasteiger charge is -2.15. The molecule has 0 bridgehead atoms. The summed E-state index contributed by atoms with van der Waals surface area (Å²) >= 11 is 0. The molecule has 0 radical (unpaired) electrons. The molecule has 172 valence electrons. The van der Waals surface area contributed by atoms with Gasteiger partial charge in [0.25, 0.3) is 0 Å². The Morgan fingerprint density at radius 3 is 2.46 bits per heavy atom. The molecule has 0 aliphatic rings. The van der Waals surface area contributed by atoms with Crippen LogP contribution in [0.4, 0.5) is 5.69 Å². The van der Waals surface area contributed by atoms with Crippen molar-refractivity contribution in [3.05, 3.63) is 72.7 Å². The fourth-order valence-electron chi connectivity index (χ4n) is 4.29. The molecule has 0 saturated carbocycles. The van der Waals surface area contributed by atoms with Gasteiger partial charge in [0.2, 0.25) is 5.91 Å². The molecule has 0 aliphatic carbocycles. The number of nitriles is 1. The summed E-state index contributed by atoms with van der Waals surface area (Å²) in [6.07, 6.45) is 5.25. The zero-order chi connectivity index (χ0) is 24.7. The Balaban J connectivity index is 1.68. The van der Waals surface area contributed by atoms with Crippen molar-refractivity contribution in [1.29, 1.82) is 5.26 Å². The quantitative estimate of drug-likeness (QED) is 0.376. The third-order valence-corrected chi connectivity index (χ3v) is 6.23. The number of nitrogens with one attached hydrogen (secondary N) is 1. The van der Waals surface area contributed by atoms with Gasteiger partial charge >= 0.3 is 0 Å². The molecule has 7 nitrogen and oxygen atoms in total. The van der Waals surface area contributed by atoms with Gasteiger partial charge in [0.05, 0.1) is 40.6 Å². The van der Waals surface area contributed by atoms with E-state index in [4.69, 9.17) is 5.10 Å². The Kier molecular flexibility index (Phi) is 5.29. The van der Waals surface area contributed by atoms with Crippen molar-refractivity contribution in [2.75, 3.05) is 5.32 Å². The average Bonchev–Trinajstić information content (AvgIpc) is 3.20. The molecule has 5 rings (SSSR count). The summed E-state index contributed by atoms with van der Waals surface area (Å²) in [5, 5.41) is 19.1. The lowest BCUT2D eigenvalue weighted by Crippen LogP contribution is -2.13. The number of hydrogen-bond acceptors (Lipinski definition) is 5. The second-order valence-corrected chi connectivity index (χ2v) is 9.18. The number of rotatable bonds is 4. The number of fused-ring (bicyclic) bond motifs is 3. The Hall–Kier alpha value is -4.57. The number of nitrogens with zero attached hydrogens (tertiary/aromatic N) is 5. The van der Waals surface area contributed by atoms with Crippen LogP contribution in [0.2, 0.25) is 0 Å². The first-order valence-electron chi connectivity index (χ1n) is 11.3. The lowest BCUT2D eigenvalue weighted by atomic mass is 9.86. The largest absolute Gasteiger partial charge is 0.325 e. The minimum Gasteiger partial charge on any atom is -0.325 e. The minimum atomic E-state index is -0.559. The molecule has 3 heterocycles.